The highest BCUT2D eigenvalue weighted by molar-refractivity contribution is 5.93. The molecule has 4 aromatic rings. The summed E-state index contributed by atoms with van der Waals surface area (Å²) in [5, 5.41) is 20.1. The third-order valence-corrected chi connectivity index (χ3v) is 7.17. The number of hydrogen-bond acceptors (Lipinski definition) is 8. The molecule has 4 heterocycles. The van der Waals surface area contributed by atoms with E-state index in [0.717, 1.165) is 18.5 Å². The van der Waals surface area contributed by atoms with E-state index in [9.17, 15) is 9.50 Å². The predicted molar refractivity (Wildman–Crippen MR) is 131 cm³/mol. The molecule has 35 heavy (non-hydrogen) atoms. The third kappa shape index (κ3) is 4.03. The fourth-order valence-electron chi connectivity index (χ4n) is 4.67. The fraction of sp³-hybridized carbons (Fsp3) is 0.500. The Morgan fingerprint density at radius 3 is 2.74 bits per heavy atom. The quantitative estimate of drug-likeness (QED) is 0.445. The van der Waals surface area contributed by atoms with Crippen molar-refractivity contribution in [1.29, 1.82) is 0 Å². The summed E-state index contributed by atoms with van der Waals surface area (Å²) in [6.07, 6.45) is 5.68. The zero-order chi connectivity index (χ0) is 25.1. The topological polar surface area (TPSA) is 120 Å². The summed E-state index contributed by atoms with van der Waals surface area (Å²) in [5.74, 6) is 0.496. The number of aromatic nitrogens is 6. The SMILES string of the molecule is COc1cc2nc(N)n3nc([C@@H]4CC[C@H](C)N(c5cnn(C(C)C(C)(C)O)c5)C4)nc3c2cc1F. The van der Waals surface area contributed by atoms with Gasteiger partial charge in [0.2, 0.25) is 5.95 Å². The van der Waals surface area contributed by atoms with Crippen molar-refractivity contribution in [1.82, 2.24) is 29.4 Å². The smallest absolute Gasteiger partial charge is 0.223 e. The van der Waals surface area contributed by atoms with Crippen LogP contribution in [-0.4, -0.2) is 59.8 Å². The number of anilines is 2. The molecule has 1 saturated heterocycles. The van der Waals surface area contributed by atoms with Gasteiger partial charge in [0, 0.05) is 36.2 Å². The Hall–Kier alpha value is -3.47. The molecule has 0 aliphatic carbocycles. The second-order valence-electron chi connectivity index (χ2n) is 9.96. The molecule has 1 aromatic carbocycles. The van der Waals surface area contributed by atoms with Gasteiger partial charge in [-0.3, -0.25) is 4.68 Å². The van der Waals surface area contributed by atoms with Crippen molar-refractivity contribution in [2.75, 3.05) is 24.3 Å². The van der Waals surface area contributed by atoms with Gasteiger partial charge in [-0.05, 0) is 46.6 Å². The van der Waals surface area contributed by atoms with Gasteiger partial charge in [-0.25, -0.2) is 14.4 Å². The van der Waals surface area contributed by atoms with Crippen LogP contribution in [0.1, 0.15) is 58.3 Å². The molecule has 0 bridgehead atoms. The molecular formula is C24H31FN8O2. The number of piperidine rings is 1. The summed E-state index contributed by atoms with van der Waals surface area (Å²) in [6, 6.07) is 3.02. The molecule has 1 unspecified atom stereocenters. The minimum Gasteiger partial charge on any atom is -0.494 e. The predicted octanol–water partition coefficient (Wildman–Crippen LogP) is 3.31. The van der Waals surface area contributed by atoms with E-state index in [0.29, 0.717) is 35.0 Å². The van der Waals surface area contributed by atoms with Gasteiger partial charge in [-0.15, -0.1) is 5.10 Å². The second-order valence-corrected chi connectivity index (χ2v) is 9.96. The lowest BCUT2D eigenvalue weighted by atomic mass is 9.92. The number of hydrogen-bond donors (Lipinski definition) is 2. The Bertz CT molecular complexity index is 1390. The summed E-state index contributed by atoms with van der Waals surface area (Å²) in [7, 11) is 1.41. The maximum absolute atomic E-state index is 14.5. The molecule has 3 N–H and O–H groups in total. The van der Waals surface area contributed by atoms with E-state index in [1.54, 1.807) is 18.5 Å². The van der Waals surface area contributed by atoms with E-state index in [1.165, 1.54) is 23.8 Å². The van der Waals surface area contributed by atoms with Crippen LogP contribution in [0.25, 0.3) is 16.6 Å². The van der Waals surface area contributed by atoms with Crippen molar-refractivity contribution in [2.24, 2.45) is 0 Å². The number of fused-ring (bicyclic) bond motifs is 3. The lowest BCUT2D eigenvalue weighted by molar-refractivity contribution is 0.0258. The molecule has 5 rings (SSSR count). The first-order valence-corrected chi connectivity index (χ1v) is 11.8. The molecule has 0 saturated carbocycles. The summed E-state index contributed by atoms with van der Waals surface area (Å²) < 4.78 is 22.8. The van der Waals surface area contributed by atoms with Gasteiger partial charge in [0.05, 0.1) is 36.2 Å². The third-order valence-electron chi connectivity index (χ3n) is 7.17. The average molecular weight is 483 g/mol. The summed E-state index contributed by atoms with van der Waals surface area (Å²) in [4.78, 5) is 11.5. The Kier molecular flexibility index (Phi) is 5.54. The van der Waals surface area contributed by atoms with Gasteiger partial charge in [0.15, 0.2) is 23.0 Å². The van der Waals surface area contributed by atoms with Crippen molar-refractivity contribution in [3.8, 4) is 5.75 Å². The monoisotopic (exact) mass is 482 g/mol. The molecule has 1 aliphatic heterocycles. The van der Waals surface area contributed by atoms with Crippen molar-refractivity contribution < 1.29 is 14.2 Å². The van der Waals surface area contributed by atoms with Crippen LogP contribution in [0.5, 0.6) is 5.75 Å². The minimum atomic E-state index is -0.889. The first kappa shape index (κ1) is 23.3. The number of nitrogens with zero attached hydrogens (tertiary/aromatic N) is 7. The molecule has 1 aliphatic rings. The highest BCUT2D eigenvalue weighted by Crippen LogP contribution is 2.34. The zero-order valence-corrected chi connectivity index (χ0v) is 20.6. The summed E-state index contributed by atoms with van der Waals surface area (Å²) in [6.45, 7) is 8.39. The molecular weight excluding hydrogens is 451 g/mol. The molecule has 10 nitrogen and oxygen atoms in total. The zero-order valence-electron chi connectivity index (χ0n) is 20.6. The number of aliphatic hydroxyl groups is 1. The Labute approximate surface area is 202 Å². The highest BCUT2D eigenvalue weighted by atomic mass is 19.1. The number of nitrogens with two attached hydrogens (primary N) is 1. The van der Waals surface area contributed by atoms with E-state index < -0.39 is 11.4 Å². The second kappa shape index (κ2) is 8.33. The molecule has 0 spiro atoms. The molecule has 3 atom stereocenters. The largest absolute Gasteiger partial charge is 0.494 e. The van der Waals surface area contributed by atoms with Gasteiger partial charge >= 0.3 is 0 Å². The van der Waals surface area contributed by atoms with Crippen LogP contribution in [0.2, 0.25) is 0 Å². The Balaban J connectivity index is 1.48. The molecule has 3 aromatic heterocycles. The van der Waals surface area contributed by atoms with Gasteiger partial charge in [-0.2, -0.15) is 9.61 Å². The van der Waals surface area contributed by atoms with E-state index >= 15 is 0 Å². The average Bonchev–Trinajstić information content (AvgIpc) is 3.47. The number of methoxy groups -OCH3 is 1. The van der Waals surface area contributed by atoms with Crippen LogP contribution in [0.3, 0.4) is 0 Å². The maximum Gasteiger partial charge on any atom is 0.223 e. The van der Waals surface area contributed by atoms with E-state index in [1.807, 2.05) is 19.3 Å². The lowest BCUT2D eigenvalue weighted by Crippen LogP contribution is -2.41. The normalized spacial score (nSPS) is 20.0. The van der Waals surface area contributed by atoms with Crippen LogP contribution >= 0.6 is 0 Å². The van der Waals surface area contributed by atoms with E-state index in [2.05, 4.69) is 27.0 Å². The summed E-state index contributed by atoms with van der Waals surface area (Å²) >= 11 is 0. The Morgan fingerprint density at radius 1 is 1.26 bits per heavy atom. The first-order chi connectivity index (χ1) is 16.6. The maximum atomic E-state index is 14.5. The number of halogens is 1. The standard InChI is InChI=1S/C24H31FN8O2/c1-13-6-7-15(11-31(13)16-10-27-32(12-16)14(2)24(3,4)34)21-29-22-17-8-18(25)20(35-5)9-19(17)28-23(26)33(22)30-21/h8-10,12-15,34H,6-7,11H2,1-5H3,(H2,26,28)/t13-,14?,15+/m0/s1. The number of ether oxygens (including phenoxy) is 1. The molecule has 0 amide bonds. The lowest BCUT2D eigenvalue weighted by Gasteiger charge is -2.38. The molecule has 11 heteroatoms. The van der Waals surface area contributed by atoms with Crippen LogP contribution in [0.4, 0.5) is 16.0 Å². The molecule has 0 radical (unpaired) electrons. The van der Waals surface area contributed by atoms with Crippen molar-refractivity contribution in [3.63, 3.8) is 0 Å². The van der Waals surface area contributed by atoms with Crippen LogP contribution in [-0.2, 0) is 0 Å². The van der Waals surface area contributed by atoms with Crippen LogP contribution in [0, 0.1) is 5.82 Å². The minimum absolute atomic E-state index is 0.0544. The Morgan fingerprint density at radius 2 is 2.03 bits per heavy atom. The van der Waals surface area contributed by atoms with Gasteiger partial charge in [0.25, 0.3) is 0 Å². The number of rotatable bonds is 5. The van der Waals surface area contributed by atoms with Gasteiger partial charge in [0.1, 0.15) is 0 Å². The van der Waals surface area contributed by atoms with Gasteiger partial charge in [-0.1, -0.05) is 0 Å². The summed E-state index contributed by atoms with van der Waals surface area (Å²) in [5.41, 5.74) is 7.25. The van der Waals surface area contributed by atoms with Gasteiger partial charge < -0.3 is 20.5 Å². The molecule has 1 fully saturated rings. The van der Waals surface area contributed by atoms with Crippen LogP contribution in [0.15, 0.2) is 24.5 Å². The van der Waals surface area contributed by atoms with E-state index in [-0.39, 0.29) is 23.7 Å². The highest BCUT2D eigenvalue weighted by Gasteiger charge is 2.32. The van der Waals surface area contributed by atoms with E-state index in [4.69, 9.17) is 15.5 Å². The first-order valence-electron chi connectivity index (χ1n) is 11.8. The molecule has 186 valence electrons. The number of nitrogen functional groups attached to an aromatic ring is 1. The van der Waals surface area contributed by atoms with Crippen molar-refractivity contribution in [2.45, 2.75) is 64.1 Å². The van der Waals surface area contributed by atoms with Crippen molar-refractivity contribution in [3.05, 3.63) is 36.2 Å². The fourth-order valence-corrected chi connectivity index (χ4v) is 4.67. The number of benzene rings is 1. The van der Waals surface area contributed by atoms with Crippen LogP contribution < -0.4 is 15.4 Å². The van der Waals surface area contributed by atoms with Crippen molar-refractivity contribution >= 4 is 28.2 Å².